The van der Waals surface area contributed by atoms with Crippen LogP contribution in [0, 0.1) is 5.92 Å². The van der Waals surface area contributed by atoms with Crippen molar-refractivity contribution in [2.24, 2.45) is 5.92 Å². The number of esters is 1. The van der Waals surface area contributed by atoms with Crippen LogP contribution in [-0.4, -0.2) is 41.1 Å². The predicted octanol–water partition coefficient (Wildman–Crippen LogP) is 2.91. The zero-order valence-corrected chi connectivity index (χ0v) is 15.0. The number of hydrogen-bond donors (Lipinski definition) is 0. The summed E-state index contributed by atoms with van der Waals surface area (Å²) < 4.78 is 6.19. The van der Waals surface area contributed by atoms with Crippen molar-refractivity contribution in [1.82, 2.24) is 10.0 Å². The van der Waals surface area contributed by atoms with E-state index in [9.17, 15) is 9.59 Å². The Labute approximate surface area is 144 Å². The first-order valence-corrected chi connectivity index (χ1v) is 8.83. The number of halogens is 1. The van der Waals surface area contributed by atoms with Crippen LogP contribution < -0.4 is 0 Å². The van der Waals surface area contributed by atoms with Gasteiger partial charge >= 0.3 is 5.97 Å². The summed E-state index contributed by atoms with van der Waals surface area (Å²) in [5.74, 6) is -0.445. The summed E-state index contributed by atoms with van der Waals surface area (Å²) in [4.78, 5) is 24.4. The molecule has 3 atom stereocenters. The molecular formula is C17H21BrN2O3. The summed E-state index contributed by atoms with van der Waals surface area (Å²) in [5.41, 5.74) is 1.17. The maximum absolute atomic E-state index is 12.3. The number of amides is 1. The van der Waals surface area contributed by atoms with Crippen molar-refractivity contribution in [3.8, 4) is 0 Å². The van der Waals surface area contributed by atoms with Crippen molar-refractivity contribution in [2.45, 2.75) is 38.8 Å². The molecule has 23 heavy (non-hydrogen) atoms. The molecule has 0 N–H and O–H groups in total. The molecule has 1 unspecified atom stereocenters. The van der Waals surface area contributed by atoms with Crippen LogP contribution in [-0.2, 0) is 14.3 Å². The molecule has 2 saturated heterocycles. The average Bonchev–Trinajstić information content (AvgIpc) is 3.09. The van der Waals surface area contributed by atoms with E-state index in [0.717, 1.165) is 10.9 Å². The molecule has 2 heterocycles. The molecule has 0 radical (unpaired) electrons. The maximum Gasteiger partial charge on any atom is 0.310 e. The molecule has 1 amide bonds. The van der Waals surface area contributed by atoms with Gasteiger partial charge in [0.2, 0.25) is 5.91 Å². The number of carbonyl (C=O) groups is 2. The molecule has 2 fully saturated rings. The van der Waals surface area contributed by atoms with Gasteiger partial charge in [-0.1, -0.05) is 28.1 Å². The molecular weight excluding hydrogens is 360 g/mol. The molecule has 0 spiro atoms. The Bertz CT molecular complexity index is 604. The lowest BCUT2D eigenvalue weighted by atomic mass is 9.93. The van der Waals surface area contributed by atoms with Crippen molar-refractivity contribution >= 4 is 27.8 Å². The maximum atomic E-state index is 12.3. The number of ether oxygens (including phenoxy) is 1. The topological polar surface area (TPSA) is 49.9 Å². The highest BCUT2D eigenvalue weighted by Gasteiger charge is 2.49. The zero-order valence-electron chi connectivity index (χ0n) is 13.4. The van der Waals surface area contributed by atoms with Gasteiger partial charge in [-0.3, -0.25) is 14.6 Å². The number of nitrogens with zero attached hydrogens (tertiary/aromatic N) is 2. The lowest BCUT2D eigenvalue weighted by Gasteiger charge is -2.29. The monoisotopic (exact) mass is 380 g/mol. The van der Waals surface area contributed by atoms with Crippen molar-refractivity contribution in [1.29, 1.82) is 0 Å². The molecule has 1 aromatic carbocycles. The Morgan fingerprint density at radius 2 is 2.09 bits per heavy atom. The molecule has 2 aliphatic heterocycles. The zero-order chi connectivity index (χ0) is 16.6. The Balaban J connectivity index is 1.86. The fourth-order valence-corrected chi connectivity index (χ4v) is 3.81. The number of rotatable bonds is 4. The number of hydrogen-bond acceptors (Lipinski definition) is 4. The van der Waals surface area contributed by atoms with Crippen LogP contribution in [0.25, 0.3) is 0 Å². The van der Waals surface area contributed by atoms with E-state index in [1.54, 1.807) is 11.9 Å². The first-order valence-electron chi connectivity index (χ1n) is 8.03. The van der Waals surface area contributed by atoms with E-state index in [1.807, 2.05) is 19.1 Å². The second-order valence-corrected chi connectivity index (χ2v) is 6.98. The second kappa shape index (κ2) is 6.61. The summed E-state index contributed by atoms with van der Waals surface area (Å²) in [6.45, 7) is 4.74. The predicted molar refractivity (Wildman–Crippen MR) is 89.3 cm³/mol. The van der Waals surface area contributed by atoms with Crippen molar-refractivity contribution in [3.05, 3.63) is 34.3 Å². The summed E-state index contributed by atoms with van der Waals surface area (Å²) in [5, 5.41) is 3.92. The SMILES string of the molecule is CCOC(=O)C(C)[C@@H]1C[C@H](c2ccc(Br)cc2)N2CCC(=O)N12. The minimum Gasteiger partial charge on any atom is -0.466 e. The van der Waals surface area contributed by atoms with Gasteiger partial charge in [-0.05, 0) is 38.0 Å². The largest absolute Gasteiger partial charge is 0.466 e. The second-order valence-electron chi connectivity index (χ2n) is 6.06. The molecule has 2 aliphatic rings. The first kappa shape index (κ1) is 16.5. The van der Waals surface area contributed by atoms with Crippen LogP contribution in [0.5, 0.6) is 0 Å². The highest BCUT2D eigenvalue weighted by molar-refractivity contribution is 9.10. The summed E-state index contributed by atoms with van der Waals surface area (Å²) in [7, 11) is 0. The third-order valence-electron chi connectivity index (χ3n) is 4.72. The number of benzene rings is 1. The number of hydrazine groups is 1. The van der Waals surface area contributed by atoms with Crippen molar-refractivity contribution < 1.29 is 14.3 Å². The highest BCUT2D eigenvalue weighted by Crippen LogP contribution is 2.42. The number of carbonyl (C=O) groups excluding carboxylic acids is 2. The van der Waals surface area contributed by atoms with Gasteiger partial charge in [-0.2, -0.15) is 0 Å². The van der Waals surface area contributed by atoms with Gasteiger partial charge in [0.1, 0.15) is 0 Å². The standard InChI is InChI=1S/C17H21BrN2O3/c1-3-23-17(22)11(2)14-10-15(12-4-6-13(18)7-5-12)19-9-8-16(21)20(14)19/h4-7,11,14-15H,3,8-10H2,1-2H3/t11?,14-,15+/m0/s1. The molecule has 3 rings (SSSR count). The van der Waals surface area contributed by atoms with E-state index in [4.69, 9.17) is 4.74 Å². The summed E-state index contributed by atoms with van der Waals surface area (Å²) in [6, 6.07) is 8.19. The summed E-state index contributed by atoms with van der Waals surface area (Å²) >= 11 is 3.45. The van der Waals surface area contributed by atoms with Crippen LogP contribution in [0.1, 0.15) is 38.3 Å². The van der Waals surface area contributed by atoms with Gasteiger partial charge in [0.05, 0.1) is 24.6 Å². The van der Waals surface area contributed by atoms with E-state index in [2.05, 4.69) is 33.1 Å². The Kier molecular flexibility index (Phi) is 4.73. The van der Waals surface area contributed by atoms with Gasteiger partial charge < -0.3 is 4.74 Å². The van der Waals surface area contributed by atoms with E-state index >= 15 is 0 Å². The normalized spacial score (nSPS) is 25.5. The van der Waals surface area contributed by atoms with Crippen molar-refractivity contribution in [3.63, 3.8) is 0 Å². The lowest BCUT2D eigenvalue weighted by Crippen LogP contribution is -2.43. The van der Waals surface area contributed by atoms with Gasteiger partial charge in [-0.15, -0.1) is 0 Å². The summed E-state index contributed by atoms with van der Waals surface area (Å²) in [6.07, 6.45) is 1.27. The molecule has 0 aromatic heterocycles. The Morgan fingerprint density at radius 1 is 1.39 bits per heavy atom. The van der Waals surface area contributed by atoms with E-state index in [-0.39, 0.29) is 29.9 Å². The van der Waals surface area contributed by atoms with Crippen LogP contribution in [0.3, 0.4) is 0 Å². The van der Waals surface area contributed by atoms with Crippen LogP contribution in [0.2, 0.25) is 0 Å². The third kappa shape index (κ3) is 3.02. The Hall–Kier alpha value is -1.40. The molecule has 1 aromatic rings. The fraction of sp³-hybridized carbons (Fsp3) is 0.529. The van der Waals surface area contributed by atoms with E-state index in [1.165, 1.54) is 5.56 Å². The first-order chi connectivity index (χ1) is 11.0. The van der Waals surface area contributed by atoms with Gasteiger partial charge in [0.15, 0.2) is 0 Å². The highest BCUT2D eigenvalue weighted by atomic mass is 79.9. The quantitative estimate of drug-likeness (QED) is 0.753. The fourth-order valence-electron chi connectivity index (χ4n) is 3.55. The van der Waals surface area contributed by atoms with Crippen LogP contribution in [0.4, 0.5) is 0 Å². The Morgan fingerprint density at radius 3 is 2.74 bits per heavy atom. The van der Waals surface area contributed by atoms with Gasteiger partial charge in [0, 0.05) is 17.4 Å². The number of fused-ring (bicyclic) bond motifs is 1. The smallest absolute Gasteiger partial charge is 0.310 e. The van der Waals surface area contributed by atoms with Gasteiger partial charge in [-0.25, -0.2) is 5.01 Å². The molecule has 0 saturated carbocycles. The van der Waals surface area contributed by atoms with Crippen LogP contribution in [0.15, 0.2) is 28.7 Å². The van der Waals surface area contributed by atoms with Gasteiger partial charge in [0.25, 0.3) is 0 Å². The minimum absolute atomic E-state index is 0.103. The minimum atomic E-state index is -0.319. The molecule has 0 bridgehead atoms. The lowest BCUT2D eigenvalue weighted by molar-refractivity contribution is -0.153. The molecule has 5 nitrogen and oxygen atoms in total. The molecule has 0 aliphatic carbocycles. The van der Waals surface area contributed by atoms with E-state index < -0.39 is 0 Å². The van der Waals surface area contributed by atoms with Crippen molar-refractivity contribution in [2.75, 3.05) is 13.2 Å². The average molecular weight is 381 g/mol. The molecule has 6 heteroatoms. The third-order valence-corrected chi connectivity index (χ3v) is 5.24. The van der Waals surface area contributed by atoms with E-state index in [0.29, 0.717) is 19.6 Å². The van der Waals surface area contributed by atoms with Crippen LogP contribution >= 0.6 is 15.9 Å². The molecule has 124 valence electrons.